The molecule has 1 amide bonds. The summed E-state index contributed by atoms with van der Waals surface area (Å²) in [4.78, 5) is 41.4. The fourth-order valence-electron chi connectivity index (χ4n) is 4.06. The Morgan fingerprint density at radius 3 is 2.81 bits per heavy atom. The summed E-state index contributed by atoms with van der Waals surface area (Å²) in [6.45, 7) is -0.318. The summed E-state index contributed by atoms with van der Waals surface area (Å²) >= 11 is 0. The molecule has 0 aliphatic heterocycles. The number of ether oxygens (including phenoxy) is 1. The van der Waals surface area contributed by atoms with Gasteiger partial charge >= 0.3 is 5.97 Å². The predicted molar refractivity (Wildman–Crippen MR) is 117 cm³/mol. The molecule has 4 rings (SSSR count). The molecule has 1 atom stereocenters. The molecule has 0 spiro atoms. The van der Waals surface area contributed by atoms with Crippen LogP contribution in [0.1, 0.15) is 42.3 Å². The molecule has 0 fully saturated rings. The topological polar surface area (TPSA) is 90.3 Å². The van der Waals surface area contributed by atoms with Crippen LogP contribution in [0.2, 0.25) is 0 Å². The van der Waals surface area contributed by atoms with E-state index in [4.69, 9.17) is 4.74 Å². The second kappa shape index (κ2) is 9.12. The van der Waals surface area contributed by atoms with Crippen molar-refractivity contribution in [1.82, 2.24) is 14.9 Å². The van der Waals surface area contributed by atoms with Crippen LogP contribution in [-0.4, -0.2) is 28.0 Å². The van der Waals surface area contributed by atoms with Gasteiger partial charge in [0.15, 0.2) is 6.61 Å². The van der Waals surface area contributed by atoms with E-state index in [-0.39, 0.29) is 37.0 Å². The number of hydrogen-bond acceptors (Lipinski definition) is 5. The maximum Gasteiger partial charge on any atom is 0.306 e. The van der Waals surface area contributed by atoms with Gasteiger partial charge in [-0.15, -0.1) is 0 Å². The van der Waals surface area contributed by atoms with Gasteiger partial charge in [-0.2, -0.15) is 0 Å². The molecule has 0 saturated carbocycles. The summed E-state index contributed by atoms with van der Waals surface area (Å²) in [5.74, 6) is -0.309. The summed E-state index contributed by atoms with van der Waals surface area (Å²) in [5, 5.41) is 3.51. The number of esters is 1. The molecule has 0 radical (unpaired) electrons. The molecular formula is C24H25N3O4. The van der Waals surface area contributed by atoms with Crippen molar-refractivity contribution in [2.24, 2.45) is 7.05 Å². The summed E-state index contributed by atoms with van der Waals surface area (Å²) in [6, 6.07) is 15.2. The van der Waals surface area contributed by atoms with E-state index in [9.17, 15) is 14.4 Å². The monoisotopic (exact) mass is 419 g/mol. The van der Waals surface area contributed by atoms with Crippen molar-refractivity contribution in [3.63, 3.8) is 0 Å². The molecule has 7 nitrogen and oxygen atoms in total. The summed E-state index contributed by atoms with van der Waals surface area (Å²) in [7, 11) is 1.64. The van der Waals surface area contributed by atoms with Crippen molar-refractivity contribution >= 4 is 22.8 Å². The summed E-state index contributed by atoms with van der Waals surface area (Å²) < 4.78 is 6.59. The standard InChI is InChI=1S/C24H25N3O4/c1-27-21(25-20-11-5-4-10-18(20)24(27)30)13-14-23(29)31-15-22(28)26-19-12-6-8-16-7-2-3-9-17(16)19/h2-5,7,9-11,19H,6,8,12-15H2,1H3,(H,26,28)/t19-/m1/s1. The molecule has 1 heterocycles. The van der Waals surface area contributed by atoms with Gasteiger partial charge in [0.25, 0.3) is 11.5 Å². The minimum absolute atomic E-state index is 0.0398. The van der Waals surface area contributed by atoms with Gasteiger partial charge in [0, 0.05) is 13.5 Å². The van der Waals surface area contributed by atoms with Crippen LogP contribution in [0.25, 0.3) is 10.9 Å². The molecule has 160 valence electrons. The molecule has 0 bridgehead atoms. The van der Waals surface area contributed by atoms with Crippen molar-refractivity contribution in [2.45, 2.75) is 38.1 Å². The molecule has 1 aliphatic rings. The Morgan fingerprint density at radius 1 is 1.16 bits per heavy atom. The number of para-hydroxylation sites is 1. The highest BCUT2D eigenvalue weighted by Gasteiger charge is 2.21. The van der Waals surface area contributed by atoms with Crippen LogP contribution < -0.4 is 10.9 Å². The van der Waals surface area contributed by atoms with Crippen LogP contribution in [0.4, 0.5) is 0 Å². The van der Waals surface area contributed by atoms with E-state index in [0.29, 0.717) is 16.7 Å². The van der Waals surface area contributed by atoms with E-state index in [0.717, 1.165) is 24.8 Å². The number of fused-ring (bicyclic) bond motifs is 2. The number of aromatic nitrogens is 2. The second-order valence-corrected chi connectivity index (χ2v) is 7.78. The number of nitrogens with zero attached hydrogens (tertiary/aromatic N) is 2. The van der Waals surface area contributed by atoms with E-state index in [2.05, 4.69) is 16.4 Å². The number of aryl methyl sites for hydroxylation is 2. The van der Waals surface area contributed by atoms with Gasteiger partial charge in [-0.3, -0.25) is 19.0 Å². The van der Waals surface area contributed by atoms with Crippen molar-refractivity contribution in [1.29, 1.82) is 0 Å². The Morgan fingerprint density at radius 2 is 1.94 bits per heavy atom. The molecule has 7 heteroatoms. The fourth-order valence-corrected chi connectivity index (χ4v) is 4.06. The SMILES string of the molecule is Cn1c(CCC(=O)OCC(=O)N[C@@H]2CCCc3ccccc32)nc2ccccc2c1=O. The van der Waals surface area contributed by atoms with Crippen LogP contribution >= 0.6 is 0 Å². The maximum atomic E-state index is 12.4. The number of amides is 1. The molecule has 0 saturated heterocycles. The van der Waals surface area contributed by atoms with Gasteiger partial charge in [-0.05, 0) is 42.5 Å². The molecule has 2 aromatic carbocycles. The highest BCUT2D eigenvalue weighted by Crippen LogP contribution is 2.29. The fraction of sp³-hybridized carbons (Fsp3) is 0.333. The first-order valence-electron chi connectivity index (χ1n) is 10.5. The van der Waals surface area contributed by atoms with E-state index < -0.39 is 5.97 Å². The average Bonchev–Trinajstić information content (AvgIpc) is 2.79. The highest BCUT2D eigenvalue weighted by molar-refractivity contribution is 5.81. The van der Waals surface area contributed by atoms with Gasteiger partial charge < -0.3 is 10.1 Å². The van der Waals surface area contributed by atoms with Crippen LogP contribution in [0.3, 0.4) is 0 Å². The second-order valence-electron chi connectivity index (χ2n) is 7.78. The number of hydrogen-bond donors (Lipinski definition) is 1. The van der Waals surface area contributed by atoms with E-state index in [1.54, 1.807) is 25.2 Å². The first kappa shape index (κ1) is 20.8. The molecule has 1 N–H and O–H groups in total. The van der Waals surface area contributed by atoms with Crippen molar-refractivity contribution in [3.8, 4) is 0 Å². The van der Waals surface area contributed by atoms with Crippen molar-refractivity contribution in [3.05, 3.63) is 75.8 Å². The highest BCUT2D eigenvalue weighted by atomic mass is 16.5. The Balaban J connectivity index is 1.30. The van der Waals surface area contributed by atoms with E-state index in [1.807, 2.05) is 24.3 Å². The molecule has 0 unspecified atom stereocenters. The lowest BCUT2D eigenvalue weighted by Gasteiger charge is -2.26. The van der Waals surface area contributed by atoms with Gasteiger partial charge in [0.1, 0.15) is 5.82 Å². The third-order valence-electron chi connectivity index (χ3n) is 5.70. The minimum Gasteiger partial charge on any atom is -0.456 e. The number of carbonyl (C=O) groups is 2. The zero-order chi connectivity index (χ0) is 21.8. The lowest BCUT2D eigenvalue weighted by Crippen LogP contribution is -2.34. The molecule has 31 heavy (non-hydrogen) atoms. The van der Waals surface area contributed by atoms with Crippen LogP contribution in [-0.2, 0) is 34.2 Å². The van der Waals surface area contributed by atoms with Crippen molar-refractivity contribution in [2.75, 3.05) is 6.61 Å². The molecular weight excluding hydrogens is 394 g/mol. The Hall–Kier alpha value is -3.48. The number of carbonyl (C=O) groups excluding carboxylic acids is 2. The Labute approximate surface area is 180 Å². The van der Waals surface area contributed by atoms with Crippen LogP contribution in [0, 0.1) is 0 Å². The molecule has 1 aromatic heterocycles. The normalized spacial score (nSPS) is 15.3. The molecule has 1 aliphatic carbocycles. The molecule has 3 aromatic rings. The first-order valence-corrected chi connectivity index (χ1v) is 10.5. The summed E-state index contributed by atoms with van der Waals surface area (Å²) in [6.07, 6.45) is 3.20. The average molecular weight is 419 g/mol. The summed E-state index contributed by atoms with van der Waals surface area (Å²) in [5.41, 5.74) is 2.84. The minimum atomic E-state index is -0.499. The smallest absolute Gasteiger partial charge is 0.306 e. The maximum absolute atomic E-state index is 12.4. The van der Waals surface area contributed by atoms with Gasteiger partial charge in [0.2, 0.25) is 0 Å². The lowest BCUT2D eigenvalue weighted by atomic mass is 9.88. The zero-order valence-electron chi connectivity index (χ0n) is 17.5. The predicted octanol–water partition coefficient (Wildman–Crippen LogP) is 2.60. The van der Waals surface area contributed by atoms with Crippen molar-refractivity contribution < 1.29 is 14.3 Å². The van der Waals surface area contributed by atoms with Gasteiger partial charge in [-0.25, -0.2) is 4.98 Å². The third-order valence-corrected chi connectivity index (χ3v) is 5.70. The van der Waals surface area contributed by atoms with E-state index in [1.165, 1.54) is 10.1 Å². The quantitative estimate of drug-likeness (QED) is 0.621. The number of nitrogens with one attached hydrogen (secondary N) is 1. The van der Waals surface area contributed by atoms with Gasteiger partial charge in [-0.1, -0.05) is 36.4 Å². The lowest BCUT2D eigenvalue weighted by molar-refractivity contribution is -0.148. The van der Waals surface area contributed by atoms with Gasteiger partial charge in [0.05, 0.1) is 23.4 Å². The zero-order valence-corrected chi connectivity index (χ0v) is 17.5. The number of rotatable bonds is 6. The van der Waals surface area contributed by atoms with Crippen LogP contribution in [0.15, 0.2) is 53.3 Å². The first-order chi connectivity index (χ1) is 15.0. The Kier molecular flexibility index (Phi) is 6.11. The van der Waals surface area contributed by atoms with E-state index >= 15 is 0 Å². The largest absolute Gasteiger partial charge is 0.456 e. The van der Waals surface area contributed by atoms with Crippen LogP contribution in [0.5, 0.6) is 0 Å². The Bertz CT molecular complexity index is 1180. The third kappa shape index (κ3) is 4.66. The number of benzene rings is 2.